The molecule has 104 valence electrons. The molecule has 0 saturated carbocycles. The van der Waals surface area contributed by atoms with Crippen molar-refractivity contribution in [2.75, 3.05) is 0 Å². The maximum absolute atomic E-state index is 11.0. The van der Waals surface area contributed by atoms with Gasteiger partial charge in [0.05, 0.1) is 16.4 Å². The molecule has 6 nitrogen and oxygen atoms in total. The molecule has 0 aliphatic rings. The predicted molar refractivity (Wildman–Crippen MR) is 77.5 cm³/mol. The number of benzene rings is 1. The van der Waals surface area contributed by atoms with E-state index in [2.05, 4.69) is 25.9 Å². The van der Waals surface area contributed by atoms with E-state index < -0.39 is 4.92 Å². The Bertz CT molecular complexity index is 669. The van der Waals surface area contributed by atoms with Gasteiger partial charge in [0, 0.05) is 10.5 Å². The number of alkyl halides is 1. The fourth-order valence-electron chi connectivity index (χ4n) is 1.40. The number of nitrogens with zero attached hydrogens (tertiary/aromatic N) is 3. The topological polar surface area (TPSA) is 78.2 Å². The summed E-state index contributed by atoms with van der Waals surface area (Å²) in [6.45, 7) is 0. The van der Waals surface area contributed by atoms with Gasteiger partial charge in [0.1, 0.15) is 11.5 Å². The normalized spacial score (nSPS) is 10.3. The van der Waals surface area contributed by atoms with Crippen molar-refractivity contribution < 1.29 is 9.66 Å². The van der Waals surface area contributed by atoms with Crippen LogP contribution in [0.25, 0.3) is 0 Å². The Balaban J connectivity index is 2.45. The number of halogens is 3. The summed E-state index contributed by atoms with van der Waals surface area (Å²) < 4.78 is 6.01. The fourth-order valence-corrected chi connectivity index (χ4v) is 2.25. The number of hydrogen-bond donors (Lipinski definition) is 0. The molecule has 0 aliphatic heterocycles. The number of hydrogen-bond acceptors (Lipinski definition) is 5. The third-order valence-corrected chi connectivity index (χ3v) is 3.40. The van der Waals surface area contributed by atoms with E-state index in [9.17, 15) is 10.1 Å². The van der Waals surface area contributed by atoms with Gasteiger partial charge in [-0.3, -0.25) is 10.1 Å². The van der Waals surface area contributed by atoms with Gasteiger partial charge in [-0.25, -0.2) is 9.97 Å². The smallest absolute Gasteiger partial charge is 0.312 e. The molecule has 0 fully saturated rings. The predicted octanol–water partition coefficient (Wildman–Crippen LogP) is 4.33. The molecule has 0 N–H and O–H groups in total. The van der Waals surface area contributed by atoms with Crippen LogP contribution in [0, 0.1) is 10.1 Å². The molecule has 0 spiro atoms. The summed E-state index contributed by atoms with van der Waals surface area (Å²) >= 11 is 14.8. The number of ether oxygens (including phenoxy) is 1. The Hall–Kier alpha value is -1.44. The van der Waals surface area contributed by atoms with Crippen LogP contribution in [0.15, 0.2) is 29.0 Å². The zero-order valence-electron chi connectivity index (χ0n) is 9.72. The van der Waals surface area contributed by atoms with Gasteiger partial charge in [-0.2, -0.15) is 0 Å². The van der Waals surface area contributed by atoms with Crippen LogP contribution in [-0.2, 0) is 5.88 Å². The first kappa shape index (κ1) is 15.0. The van der Waals surface area contributed by atoms with E-state index in [1.807, 2.05) is 0 Å². The van der Waals surface area contributed by atoms with Gasteiger partial charge in [0.15, 0.2) is 0 Å². The van der Waals surface area contributed by atoms with Crippen molar-refractivity contribution in [1.29, 1.82) is 0 Å². The first-order valence-electron chi connectivity index (χ1n) is 5.20. The molecule has 1 aromatic heterocycles. The van der Waals surface area contributed by atoms with Crippen molar-refractivity contribution in [3.63, 3.8) is 0 Å². The molecule has 0 saturated heterocycles. The minimum absolute atomic E-state index is 0.0271. The van der Waals surface area contributed by atoms with Gasteiger partial charge in [0.25, 0.3) is 0 Å². The highest BCUT2D eigenvalue weighted by molar-refractivity contribution is 9.10. The van der Waals surface area contributed by atoms with Crippen LogP contribution in [0.5, 0.6) is 11.6 Å². The number of aromatic nitrogens is 2. The largest absolute Gasteiger partial charge is 0.431 e. The van der Waals surface area contributed by atoms with E-state index in [-0.39, 0.29) is 28.3 Å². The molecule has 2 aromatic rings. The maximum Gasteiger partial charge on any atom is 0.312 e. The zero-order valence-corrected chi connectivity index (χ0v) is 12.8. The molecule has 0 radical (unpaired) electrons. The lowest BCUT2D eigenvalue weighted by atomic mass is 10.3. The highest BCUT2D eigenvalue weighted by Crippen LogP contribution is 2.35. The second-order valence-corrected chi connectivity index (χ2v) is 5.09. The van der Waals surface area contributed by atoms with Crippen molar-refractivity contribution in [2.24, 2.45) is 0 Å². The lowest BCUT2D eigenvalue weighted by Gasteiger charge is -2.09. The summed E-state index contributed by atoms with van der Waals surface area (Å²) in [5.74, 6) is 0.157. The van der Waals surface area contributed by atoms with Crippen LogP contribution in [0.4, 0.5) is 5.69 Å². The third-order valence-electron chi connectivity index (χ3n) is 2.31. The monoisotopic (exact) mass is 377 g/mol. The Morgan fingerprint density at radius 1 is 1.40 bits per heavy atom. The lowest BCUT2D eigenvalue weighted by Crippen LogP contribution is -1.98. The summed E-state index contributed by atoms with van der Waals surface area (Å²) in [6.07, 6.45) is 1.19. The van der Waals surface area contributed by atoms with Gasteiger partial charge >= 0.3 is 5.69 Å². The highest BCUT2D eigenvalue weighted by atomic mass is 79.9. The summed E-state index contributed by atoms with van der Waals surface area (Å²) in [5, 5.41) is 11.1. The number of nitro benzene ring substituents is 1. The SMILES string of the molecule is O=[N+]([O-])c1cc(Br)ccc1Oc1ncnc(Cl)c1CCl. The third kappa shape index (κ3) is 3.17. The van der Waals surface area contributed by atoms with Crippen LogP contribution >= 0.6 is 39.1 Å². The summed E-state index contributed by atoms with van der Waals surface area (Å²) in [7, 11) is 0. The maximum atomic E-state index is 11.0. The van der Waals surface area contributed by atoms with Crippen molar-refractivity contribution in [3.05, 3.63) is 49.8 Å². The molecular weight excluding hydrogens is 373 g/mol. The molecule has 0 atom stereocenters. The molecule has 1 aromatic carbocycles. The number of rotatable bonds is 4. The van der Waals surface area contributed by atoms with E-state index in [4.69, 9.17) is 27.9 Å². The number of nitro groups is 1. The molecule has 9 heteroatoms. The van der Waals surface area contributed by atoms with Gasteiger partial charge < -0.3 is 4.74 Å². The highest BCUT2D eigenvalue weighted by Gasteiger charge is 2.19. The minimum atomic E-state index is -0.552. The van der Waals surface area contributed by atoms with Crippen molar-refractivity contribution in [2.45, 2.75) is 5.88 Å². The Kier molecular flexibility index (Phi) is 4.74. The minimum Gasteiger partial charge on any atom is -0.431 e. The van der Waals surface area contributed by atoms with Gasteiger partial charge in [-0.1, -0.05) is 27.5 Å². The van der Waals surface area contributed by atoms with Gasteiger partial charge in [-0.15, -0.1) is 11.6 Å². The van der Waals surface area contributed by atoms with E-state index in [1.165, 1.54) is 18.5 Å². The van der Waals surface area contributed by atoms with Gasteiger partial charge in [-0.05, 0) is 12.1 Å². The molecule has 1 heterocycles. The van der Waals surface area contributed by atoms with Crippen molar-refractivity contribution in [1.82, 2.24) is 9.97 Å². The molecule has 2 rings (SSSR count). The quantitative estimate of drug-likeness (QED) is 0.342. The van der Waals surface area contributed by atoms with Crippen LogP contribution in [0.2, 0.25) is 5.15 Å². The molecule has 0 amide bonds. The Labute approximate surface area is 132 Å². The lowest BCUT2D eigenvalue weighted by molar-refractivity contribution is -0.385. The van der Waals surface area contributed by atoms with Crippen molar-refractivity contribution >= 4 is 44.8 Å². The Morgan fingerprint density at radius 2 is 2.15 bits per heavy atom. The van der Waals surface area contributed by atoms with E-state index in [1.54, 1.807) is 6.07 Å². The fraction of sp³-hybridized carbons (Fsp3) is 0.0909. The van der Waals surface area contributed by atoms with Crippen molar-refractivity contribution in [3.8, 4) is 11.6 Å². The van der Waals surface area contributed by atoms with Crippen LogP contribution in [0.3, 0.4) is 0 Å². The Morgan fingerprint density at radius 3 is 2.80 bits per heavy atom. The van der Waals surface area contributed by atoms with E-state index in [0.29, 0.717) is 10.0 Å². The first-order valence-corrected chi connectivity index (χ1v) is 6.90. The average Bonchev–Trinajstić information content (AvgIpc) is 2.41. The second kappa shape index (κ2) is 6.34. The average molecular weight is 379 g/mol. The summed E-state index contributed by atoms with van der Waals surface area (Å²) in [6, 6.07) is 4.40. The molecular formula is C11H6BrCl2N3O3. The molecule has 0 aliphatic carbocycles. The molecule has 20 heavy (non-hydrogen) atoms. The van der Waals surface area contributed by atoms with Crippen LogP contribution < -0.4 is 4.74 Å². The van der Waals surface area contributed by atoms with Crippen LogP contribution in [-0.4, -0.2) is 14.9 Å². The van der Waals surface area contributed by atoms with Crippen LogP contribution in [0.1, 0.15) is 5.56 Å². The zero-order chi connectivity index (χ0) is 14.7. The van der Waals surface area contributed by atoms with Gasteiger partial charge in [0.2, 0.25) is 11.6 Å². The second-order valence-electron chi connectivity index (χ2n) is 3.55. The van der Waals surface area contributed by atoms with E-state index >= 15 is 0 Å². The molecule has 0 bridgehead atoms. The first-order chi connectivity index (χ1) is 9.52. The standard InChI is InChI=1S/C11H6BrCl2N3O3/c12-6-1-2-9(8(3-6)17(18)19)20-11-7(4-13)10(14)15-5-16-11/h1-3,5H,4H2. The summed E-state index contributed by atoms with van der Waals surface area (Å²) in [5.41, 5.74) is 0.169. The summed E-state index contributed by atoms with van der Waals surface area (Å²) in [4.78, 5) is 18.1. The van der Waals surface area contributed by atoms with E-state index in [0.717, 1.165) is 0 Å². The molecule has 0 unspecified atom stereocenters.